The Bertz CT molecular complexity index is 805. The zero-order valence-electron chi connectivity index (χ0n) is 13.3. The van der Waals surface area contributed by atoms with Gasteiger partial charge in [-0.05, 0) is 18.8 Å². The summed E-state index contributed by atoms with van der Waals surface area (Å²) >= 11 is 0. The Morgan fingerprint density at radius 2 is 2.26 bits per heavy atom. The van der Waals surface area contributed by atoms with Crippen molar-refractivity contribution < 1.29 is 0 Å². The maximum atomic E-state index is 4.51. The molecule has 0 amide bonds. The van der Waals surface area contributed by atoms with Gasteiger partial charge in [-0.15, -0.1) is 10.2 Å². The van der Waals surface area contributed by atoms with Crippen molar-refractivity contribution in [3.8, 4) is 0 Å². The van der Waals surface area contributed by atoms with Crippen LogP contribution in [0.15, 0.2) is 18.9 Å². The molecule has 3 aromatic heterocycles. The number of nitrogens with zero attached hydrogens (tertiary/aromatic N) is 7. The number of H-pyrrole nitrogens is 1. The largest absolute Gasteiger partial charge is 0.346 e. The number of hydrogen-bond acceptors (Lipinski definition) is 6. The molecule has 0 saturated carbocycles. The van der Waals surface area contributed by atoms with Gasteiger partial charge in [0.15, 0.2) is 11.5 Å². The zero-order valence-corrected chi connectivity index (χ0v) is 13.3. The van der Waals surface area contributed by atoms with Crippen molar-refractivity contribution in [2.45, 2.75) is 39.3 Å². The summed E-state index contributed by atoms with van der Waals surface area (Å²) in [7, 11) is 0. The molecule has 4 heterocycles. The van der Waals surface area contributed by atoms with Gasteiger partial charge in [-0.2, -0.15) is 5.10 Å². The highest BCUT2D eigenvalue weighted by molar-refractivity contribution is 5.86. The average Bonchev–Trinajstić information content (AvgIpc) is 3.25. The topological polar surface area (TPSA) is 88.4 Å². The van der Waals surface area contributed by atoms with Crippen LogP contribution < -0.4 is 4.90 Å². The zero-order chi connectivity index (χ0) is 15.8. The Morgan fingerprint density at radius 3 is 3.13 bits per heavy atom. The molecule has 1 aliphatic rings. The third-order valence-corrected chi connectivity index (χ3v) is 4.26. The lowest BCUT2D eigenvalue weighted by Gasteiger charge is -2.26. The molecular weight excluding hydrogens is 292 g/mol. The van der Waals surface area contributed by atoms with Gasteiger partial charge in [-0.1, -0.05) is 13.8 Å². The SMILES string of the molecule is CC(C)Cn1cnnc1C1CCCN1c1ncnc2[nH]ncc12. The van der Waals surface area contributed by atoms with E-state index >= 15 is 0 Å². The lowest BCUT2D eigenvalue weighted by atomic mass is 10.1. The maximum Gasteiger partial charge on any atom is 0.160 e. The van der Waals surface area contributed by atoms with Crippen LogP contribution in [-0.2, 0) is 6.54 Å². The van der Waals surface area contributed by atoms with E-state index in [1.807, 2.05) is 6.33 Å². The van der Waals surface area contributed by atoms with E-state index in [0.29, 0.717) is 5.92 Å². The lowest BCUT2D eigenvalue weighted by Crippen LogP contribution is -2.26. The van der Waals surface area contributed by atoms with Gasteiger partial charge in [0, 0.05) is 13.1 Å². The second kappa shape index (κ2) is 5.60. The second-order valence-corrected chi connectivity index (χ2v) is 6.42. The van der Waals surface area contributed by atoms with Crippen LogP contribution in [0.4, 0.5) is 5.82 Å². The van der Waals surface area contributed by atoms with E-state index < -0.39 is 0 Å². The fourth-order valence-electron chi connectivity index (χ4n) is 3.33. The number of fused-ring (bicyclic) bond motifs is 1. The highest BCUT2D eigenvalue weighted by atomic mass is 15.3. The molecule has 8 nitrogen and oxygen atoms in total. The Morgan fingerprint density at radius 1 is 1.35 bits per heavy atom. The van der Waals surface area contributed by atoms with Crippen LogP contribution in [0.1, 0.15) is 38.6 Å². The Kier molecular flexibility index (Phi) is 3.44. The molecule has 8 heteroatoms. The molecular formula is C15H20N8. The van der Waals surface area contributed by atoms with Gasteiger partial charge in [-0.25, -0.2) is 9.97 Å². The number of aromatic amines is 1. The summed E-state index contributed by atoms with van der Waals surface area (Å²) in [6, 6.07) is 0.198. The van der Waals surface area contributed by atoms with Crippen LogP contribution >= 0.6 is 0 Å². The van der Waals surface area contributed by atoms with Crippen molar-refractivity contribution in [3.05, 3.63) is 24.7 Å². The van der Waals surface area contributed by atoms with Crippen molar-refractivity contribution in [3.63, 3.8) is 0 Å². The monoisotopic (exact) mass is 312 g/mol. The second-order valence-electron chi connectivity index (χ2n) is 6.42. The molecule has 23 heavy (non-hydrogen) atoms. The van der Waals surface area contributed by atoms with Gasteiger partial charge in [0.2, 0.25) is 0 Å². The van der Waals surface area contributed by atoms with E-state index in [1.54, 1.807) is 12.5 Å². The molecule has 1 aliphatic heterocycles. The summed E-state index contributed by atoms with van der Waals surface area (Å²) in [6.45, 7) is 6.29. The number of anilines is 1. The minimum Gasteiger partial charge on any atom is -0.346 e. The number of rotatable bonds is 4. The van der Waals surface area contributed by atoms with E-state index in [4.69, 9.17) is 0 Å². The van der Waals surface area contributed by atoms with Gasteiger partial charge in [0.25, 0.3) is 0 Å². The van der Waals surface area contributed by atoms with Crippen LogP contribution in [0.25, 0.3) is 11.0 Å². The van der Waals surface area contributed by atoms with Crippen molar-refractivity contribution in [1.82, 2.24) is 34.9 Å². The van der Waals surface area contributed by atoms with Crippen molar-refractivity contribution >= 4 is 16.9 Å². The van der Waals surface area contributed by atoms with Crippen molar-refractivity contribution in [1.29, 1.82) is 0 Å². The minimum absolute atomic E-state index is 0.198. The summed E-state index contributed by atoms with van der Waals surface area (Å²) in [6.07, 6.45) is 7.38. The van der Waals surface area contributed by atoms with Gasteiger partial charge in [0.1, 0.15) is 18.5 Å². The average molecular weight is 312 g/mol. The molecule has 0 aromatic carbocycles. The molecule has 0 bridgehead atoms. The van der Waals surface area contributed by atoms with Crippen molar-refractivity contribution in [2.24, 2.45) is 5.92 Å². The van der Waals surface area contributed by atoms with Gasteiger partial charge >= 0.3 is 0 Å². The Labute approximate surface area is 134 Å². The molecule has 4 rings (SSSR count). The number of aromatic nitrogens is 7. The molecule has 0 aliphatic carbocycles. The first-order valence-electron chi connectivity index (χ1n) is 8.02. The summed E-state index contributed by atoms with van der Waals surface area (Å²) in [4.78, 5) is 11.0. The molecule has 120 valence electrons. The highest BCUT2D eigenvalue weighted by Gasteiger charge is 2.32. The highest BCUT2D eigenvalue weighted by Crippen LogP contribution is 2.36. The summed E-state index contributed by atoms with van der Waals surface area (Å²) < 4.78 is 2.17. The standard InChI is InChI=1S/C15H20N8/c1-10(2)7-22-9-19-21-15(22)12-4-3-5-23(12)14-11-6-18-20-13(11)16-8-17-14/h6,8-10,12H,3-5,7H2,1-2H3,(H,16,17,18,20). The Balaban J connectivity index is 1.72. The molecule has 0 spiro atoms. The van der Waals surface area contributed by atoms with E-state index in [0.717, 1.165) is 48.6 Å². The normalized spacial score (nSPS) is 18.4. The minimum atomic E-state index is 0.198. The fourth-order valence-corrected chi connectivity index (χ4v) is 3.33. The van der Waals surface area contributed by atoms with Gasteiger partial charge in [-0.3, -0.25) is 5.10 Å². The van der Waals surface area contributed by atoms with Crippen LogP contribution in [0, 0.1) is 5.92 Å². The smallest absolute Gasteiger partial charge is 0.160 e. The molecule has 1 unspecified atom stereocenters. The summed E-state index contributed by atoms with van der Waals surface area (Å²) in [5, 5.41) is 16.5. The maximum absolute atomic E-state index is 4.51. The van der Waals surface area contributed by atoms with Crippen LogP contribution in [0.3, 0.4) is 0 Å². The number of hydrogen-bond donors (Lipinski definition) is 1. The quantitative estimate of drug-likeness (QED) is 0.792. The summed E-state index contributed by atoms with van der Waals surface area (Å²) in [5.74, 6) is 2.50. The molecule has 3 aromatic rings. The molecule has 0 radical (unpaired) electrons. The predicted molar refractivity (Wildman–Crippen MR) is 85.9 cm³/mol. The molecule has 1 fully saturated rings. The first-order chi connectivity index (χ1) is 11.2. The summed E-state index contributed by atoms with van der Waals surface area (Å²) in [5.41, 5.74) is 0.768. The van der Waals surface area contributed by atoms with Gasteiger partial charge < -0.3 is 9.47 Å². The lowest BCUT2D eigenvalue weighted by molar-refractivity contribution is 0.487. The Hall–Kier alpha value is -2.51. The van der Waals surface area contributed by atoms with Crippen LogP contribution in [0.5, 0.6) is 0 Å². The van der Waals surface area contributed by atoms with E-state index in [1.165, 1.54) is 0 Å². The van der Waals surface area contributed by atoms with E-state index in [9.17, 15) is 0 Å². The molecule has 1 atom stereocenters. The van der Waals surface area contributed by atoms with E-state index in [2.05, 4.69) is 53.7 Å². The van der Waals surface area contributed by atoms with E-state index in [-0.39, 0.29) is 6.04 Å². The van der Waals surface area contributed by atoms with Crippen LogP contribution in [0.2, 0.25) is 0 Å². The van der Waals surface area contributed by atoms with Crippen LogP contribution in [-0.4, -0.2) is 41.5 Å². The third kappa shape index (κ3) is 2.43. The van der Waals surface area contributed by atoms with Crippen molar-refractivity contribution in [2.75, 3.05) is 11.4 Å². The first-order valence-corrected chi connectivity index (χ1v) is 8.02. The number of nitrogens with one attached hydrogen (secondary N) is 1. The molecule has 1 N–H and O–H groups in total. The first kappa shape index (κ1) is 14.1. The third-order valence-electron chi connectivity index (χ3n) is 4.26. The fraction of sp³-hybridized carbons (Fsp3) is 0.533. The predicted octanol–water partition coefficient (Wildman–Crippen LogP) is 1.94. The molecule has 1 saturated heterocycles. The van der Waals surface area contributed by atoms with Gasteiger partial charge in [0.05, 0.1) is 17.6 Å².